The molecular weight excluding hydrogens is 1540 g/mol. The number of carbonyl (C=O) groups is 9. The Bertz CT molecular complexity index is 4200. The summed E-state index contributed by atoms with van der Waals surface area (Å²) >= 11 is 0. The maximum atomic E-state index is 11.8. The molecule has 0 spiro atoms. The van der Waals surface area contributed by atoms with E-state index in [-0.39, 0.29) is 133 Å². The number of aromatic carboxylic acids is 9. The monoisotopic (exact) mass is 1590 g/mol. The maximum Gasteiger partial charge on any atom is 2.00 e. The van der Waals surface area contributed by atoms with E-state index in [1.54, 1.807) is 218 Å². The van der Waals surface area contributed by atoms with Crippen molar-refractivity contribution in [1.29, 1.82) is 0 Å². The fourth-order valence-electron chi connectivity index (χ4n) is 11.6. The number of carboxylic acids is 9. The summed E-state index contributed by atoms with van der Waals surface area (Å²) in [6, 6.07) is 73.8. The third-order valence-corrected chi connectivity index (χ3v) is 16.0. The minimum Gasteiger partial charge on any atom is -2.00 e. The van der Waals surface area contributed by atoms with Crippen LogP contribution in [0.2, 0.25) is 0 Å². The van der Waals surface area contributed by atoms with Gasteiger partial charge in [-0.2, -0.15) is 0 Å². The van der Waals surface area contributed by atoms with Crippen molar-refractivity contribution in [1.82, 2.24) is 0 Å². The van der Waals surface area contributed by atoms with Crippen LogP contribution in [-0.4, -0.2) is 99.7 Å². The molecule has 12 aromatic rings. The molecule has 0 saturated heterocycles. The minimum atomic E-state index is -1.10. The standard InChI is InChI=1S/3C27H18O6.O.4Zn/c3*28-25(29)22-10-4-1-7-19(22)16-13-17(20-8-2-5-11-23(20)26(30)31)15-18(14-16)21-9-3-6-12-24(21)27(32)33;;;;;/h3*1-15H,(H,28,29)(H,30,31)(H,32,33);;;;;/q;;;-2;4*+2. The molecule has 104 heavy (non-hydrogen) atoms. The summed E-state index contributed by atoms with van der Waals surface area (Å²) in [4.78, 5) is 107. The zero-order chi connectivity index (χ0) is 70.6. The van der Waals surface area contributed by atoms with Gasteiger partial charge in [0.05, 0.1) is 50.1 Å². The zero-order valence-electron chi connectivity index (χ0n) is 54.9. The maximum absolute atomic E-state index is 11.8. The molecule has 12 rings (SSSR count). The molecule has 0 aliphatic rings. The summed E-state index contributed by atoms with van der Waals surface area (Å²) in [5.41, 5.74) is 9.44. The number of hydrogen-bond acceptors (Lipinski definition) is 9. The van der Waals surface area contributed by atoms with Crippen LogP contribution in [0, 0.1) is 0 Å². The Morgan fingerprint density at radius 3 is 0.308 bits per heavy atom. The van der Waals surface area contributed by atoms with Gasteiger partial charge in [0.15, 0.2) is 0 Å². The van der Waals surface area contributed by atoms with Crippen LogP contribution in [0.1, 0.15) is 93.2 Å². The minimum absolute atomic E-state index is 0. The van der Waals surface area contributed by atoms with Gasteiger partial charge in [0.25, 0.3) is 0 Å². The first-order valence-corrected chi connectivity index (χ1v) is 30.0. The van der Waals surface area contributed by atoms with E-state index in [2.05, 4.69) is 0 Å². The van der Waals surface area contributed by atoms with Gasteiger partial charge in [-0.05, 0) is 209 Å². The third kappa shape index (κ3) is 18.9. The van der Waals surface area contributed by atoms with Crippen molar-refractivity contribution in [2.75, 3.05) is 0 Å². The fraction of sp³-hybridized carbons (Fsp3) is 0. The topological polar surface area (TPSA) is 364 Å². The van der Waals surface area contributed by atoms with Crippen molar-refractivity contribution >= 4 is 53.7 Å². The van der Waals surface area contributed by atoms with Gasteiger partial charge in [-0.15, -0.1) is 0 Å². The first-order chi connectivity index (χ1) is 47.6. The third-order valence-electron chi connectivity index (χ3n) is 16.0. The summed E-state index contributed by atoms with van der Waals surface area (Å²) in [6.07, 6.45) is 0. The Morgan fingerprint density at radius 2 is 0.231 bits per heavy atom. The Morgan fingerprint density at radius 1 is 0.154 bits per heavy atom. The molecule has 0 fully saturated rings. The Kier molecular flexibility index (Phi) is 29.8. The molecule has 0 aromatic heterocycles. The van der Waals surface area contributed by atoms with Crippen LogP contribution in [0.3, 0.4) is 0 Å². The molecule has 23 heteroatoms. The molecule has 12 aromatic carbocycles. The van der Waals surface area contributed by atoms with E-state index >= 15 is 0 Å². The molecule has 0 aliphatic carbocycles. The summed E-state index contributed by atoms with van der Waals surface area (Å²) in [6.45, 7) is 0. The van der Waals surface area contributed by atoms with E-state index in [9.17, 15) is 89.1 Å². The van der Waals surface area contributed by atoms with Crippen LogP contribution in [0.5, 0.6) is 0 Å². The molecule has 0 aliphatic heterocycles. The average Bonchev–Trinajstić information content (AvgIpc) is 0.788. The van der Waals surface area contributed by atoms with E-state index < -0.39 is 53.7 Å². The van der Waals surface area contributed by atoms with Crippen molar-refractivity contribution < 1.29 is 172 Å². The SMILES string of the molecule is O=C(O)c1ccccc1-c1cc(-c2ccccc2C(=O)O)cc(-c2ccccc2C(=O)O)c1.O=C(O)c1ccccc1-c1cc(-c2ccccc2C(=O)O)cc(-c2ccccc2C(=O)O)c1.O=C(O)c1ccccc1-c1cc(-c2ccccc2C(=O)O)cc(-c2ccccc2C(=O)O)c1.[O-2].[Zn+2].[Zn+2].[Zn+2].[Zn+2]. The largest absolute Gasteiger partial charge is 2.00 e. The van der Waals surface area contributed by atoms with Gasteiger partial charge < -0.3 is 51.4 Å². The van der Waals surface area contributed by atoms with E-state index in [1.165, 1.54) is 54.6 Å². The predicted octanol–water partition coefficient (Wildman–Crippen LogP) is 17.2. The summed E-state index contributed by atoms with van der Waals surface area (Å²) in [7, 11) is 0. The van der Waals surface area contributed by atoms with Gasteiger partial charge in [0.2, 0.25) is 0 Å². The molecule has 0 bridgehead atoms. The quantitative estimate of drug-likeness (QED) is 0.0360. The first kappa shape index (κ1) is 83.0. The molecule has 494 valence electrons. The number of rotatable bonds is 18. The Labute approximate surface area is 644 Å². The van der Waals surface area contributed by atoms with Crippen molar-refractivity contribution in [2.24, 2.45) is 0 Å². The zero-order valence-corrected chi connectivity index (χ0v) is 66.8. The van der Waals surface area contributed by atoms with E-state index in [0.717, 1.165) is 0 Å². The average molecular weight is 1590 g/mol. The van der Waals surface area contributed by atoms with E-state index in [1.807, 2.05) is 0 Å². The molecule has 0 saturated carbocycles. The summed E-state index contributed by atoms with van der Waals surface area (Å²) in [5.74, 6) is -9.92. The Balaban J connectivity index is 0.000000274. The van der Waals surface area contributed by atoms with Crippen LogP contribution in [0.4, 0.5) is 0 Å². The summed E-state index contributed by atoms with van der Waals surface area (Å²) in [5, 5.41) is 87.1. The van der Waals surface area contributed by atoms with Crippen molar-refractivity contribution in [3.63, 3.8) is 0 Å². The number of benzene rings is 12. The smallest absolute Gasteiger partial charge is 2.00 e. The second-order valence-corrected chi connectivity index (χ2v) is 22.1. The molecule has 0 atom stereocenters. The fourth-order valence-corrected chi connectivity index (χ4v) is 11.6. The molecule has 9 N–H and O–H groups in total. The van der Waals surface area contributed by atoms with Gasteiger partial charge in [-0.1, -0.05) is 164 Å². The van der Waals surface area contributed by atoms with Gasteiger partial charge in [-0.25, -0.2) is 43.2 Å². The molecule has 0 heterocycles. The van der Waals surface area contributed by atoms with Crippen LogP contribution in [-0.2, 0) is 83.4 Å². The van der Waals surface area contributed by atoms with Gasteiger partial charge in [0, 0.05) is 0 Å². The molecule has 0 amide bonds. The van der Waals surface area contributed by atoms with Crippen molar-refractivity contribution in [2.45, 2.75) is 0 Å². The van der Waals surface area contributed by atoms with Crippen LogP contribution in [0.25, 0.3) is 100 Å². The second-order valence-electron chi connectivity index (χ2n) is 22.1. The van der Waals surface area contributed by atoms with Crippen LogP contribution >= 0.6 is 0 Å². The first-order valence-electron chi connectivity index (χ1n) is 30.0. The normalized spacial score (nSPS) is 10.0. The molecule has 19 nitrogen and oxygen atoms in total. The number of hydrogen-bond donors (Lipinski definition) is 9. The predicted molar refractivity (Wildman–Crippen MR) is 372 cm³/mol. The second kappa shape index (κ2) is 37.3. The Hall–Kier alpha value is -11.7. The van der Waals surface area contributed by atoms with Gasteiger partial charge >= 0.3 is 132 Å². The molecule has 0 radical (unpaired) electrons. The summed E-state index contributed by atoms with van der Waals surface area (Å²) < 4.78 is 0. The van der Waals surface area contributed by atoms with Crippen molar-refractivity contribution in [3.05, 3.63) is 323 Å². The van der Waals surface area contributed by atoms with E-state index in [0.29, 0.717) is 100 Å². The van der Waals surface area contributed by atoms with Crippen LogP contribution in [0.15, 0.2) is 273 Å². The van der Waals surface area contributed by atoms with Gasteiger partial charge in [-0.3, -0.25) is 0 Å². The van der Waals surface area contributed by atoms with E-state index in [4.69, 9.17) is 0 Å². The van der Waals surface area contributed by atoms with Crippen LogP contribution < -0.4 is 0 Å². The molecular formula is C81H54O19Zn4+6. The number of carboxylic acid groups (broad SMARTS) is 9. The van der Waals surface area contributed by atoms with Gasteiger partial charge in [0.1, 0.15) is 0 Å². The molecule has 0 unspecified atom stereocenters. The van der Waals surface area contributed by atoms with Crippen molar-refractivity contribution in [3.8, 4) is 100 Å².